The molecule has 0 saturated heterocycles. The fourth-order valence-electron chi connectivity index (χ4n) is 1.86. The van der Waals surface area contributed by atoms with Crippen LogP contribution in [0.3, 0.4) is 0 Å². The van der Waals surface area contributed by atoms with Crippen LogP contribution in [-0.2, 0) is 0 Å². The number of benzene rings is 2. The molecule has 3 nitrogen and oxygen atoms in total. The molecule has 3 heteroatoms. The van der Waals surface area contributed by atoms with Crippen LogP contribution in [0.25, 0.3) is 0 Å². The summed E-state index contributed by atoms with van der Waals surface area (Å²) in [5.41, 5.74) is 3.87. The van der Waals surface area contributed by atoms with Gasteiger partial charge in [0.15, 0.2) is 0 Å². The maximum Gasteiger partial charge on any atom is 0.104 e. The third-order valence-electron chi connectivity index (χ3n) is 3.03. The summed E-state index contributed by atoms with van der Waals surface area (Å²) in [4.78, 5) is 0. The summed E-state index contributed by atoms with van der Waals surface area (Å²) in [5, 5.41) is 16.4. The van der Waals surface area contributed by atoms with Crippen LogP contribution in [0, 0.1) is 0 Å². The Morgan fingerprint density at radius 3 is 1.33 bits per heavy atom. The van der Waals surface area contributed by atoms with Gasteiger partial charge in [-0.2, -0.15) is 0 Å². The summed E-state index contributed by atoms with van der Waals surface area (Å²) in [6.45, 7) is 0. The second-order valence-electron chi connectivity index (χ2n) is 4.15. The molecule has 3 N–H and O–H groups in total. The van der Waals surface area contributed by atoms with E-state index in [1.807, 2.05) is 62.6 Å². The quantitative estimate of drug-likeness (QED) is 0.772. The number of nitrogens with one attached hydrogen (secondary N) is 2. The van der Waals surface area contributed by atoms with Gasteiger partial charge in [0.25, 0.3) is 0 Å². The monoisotopic (exact) mass is 242 g/mol. The largest absolute Gasteiger partial charge is 0.388 e. The highest BCUT2D eigenvalue weighted by molar-refractivity contribution is 5.48. The lowest BCUT2D eigenvalue weighted by Crippen LogP contribution is -2.00. The minimum Gasteiger partial charge on any atom is -0.388 e. The van der Waals surface area contributed by atoms with Crippen molar-refractivity contribution in [1.82, 2.24) is 0 Å². The van der Waals surface area contributed by atoms with Gasteiger partial charge in [0.1, 0.15) is 6.10 Å². The molecule has 18 heavy (non-hydrogen) atoms. The Balaban J connectivity index is 2.20. The molecule has 0 unspecified atom stereocenters. The third kappa shape index (κ3) is 2.63. The zero-order valence-electron chi connectivity index (χ0n) is 10.6. The summed E-state index contributed by atoms with van der Waals surface area (Å²) < 4.78 is 0. The average molecular weight is 242 g/mol. The average Bonchev–Trinajstić information content (AvgIpc) is 2.47. The predicted molar refractivity (Wildman–Crippen MR) is 76.0 cm³/mol. The van der Waals surface area contributed by atoms with Gasteiger partial charge in [-0.3, -0.25) is 0 Å². The van der Waals surface area contributed by atoms with Gasteiger partial charge in [-0.25, -0.2) is 0 Å². The van der Waals surface area contributed by atoms with Crippen molar-refractivity contribution in [3.63, 3.8) is 0 Å². The van der Waals surface area contributed by atoms with Gasteiger partial charge >= 0.3 is 0 Å². The van der Waals surface area contributed by atoms with Crippen molar-refractivity contribution >= 4 is 11.4 Å². The van der Waals surface area contributed by atoms with Gasteiger partial charge in [-0.15, -0.1) is 0 Å². The molecule has 0 aliphatic rings. The molecule has 0 heterocycles. The van der Waals surface area contributed by atoms with Gasteiger partial charge in [-0.05, 0) is 35.4 Å². The zero-order valence-corrected chi connectivity index (χ0v) is 10.6. The standard InChI is InChI=1S/C15H18N2O/c1-16-13-7-3-11(4-8-13)15(18)12-5-9-14(17-2)10-6-12/h3-10,15-18H,1-2H3. The van der Waals surface area contributed by atoms with E-state index < -0.39 is 6.10 Å². The maximum absolute atomic E-state index is 10.3. The van der Waals surface area contributed by atoms with Crippen LogP contribution in [-0.4, -0.2) is 19.2 Å². The lowest BCUT2D eigenvalue weighted by atomic mass is 10.0. The summed E-state index contributed by atoms with van der Waals surface area (Å²) in [7, 11) is 3.75. The Morgan fingerprint density at radius 2 is 1.06 bits per heavy atom. The Morgan fingerprint density at radius 1 is 0.722 bits per heavy atom. The second kappa shape index (κ2) is 5.56. The third-order valence-corrected chi connectivity index (χ3v) is 3.03. The molecule has 2 aromatic rings. The van der Waals surface area contributed by atoms with Crippen molar-refractivity contribution in [3.8, 4) is 0 Å². The Hall–Kier alpha value is -2.00. The molecule has 0 bridgehead atoms. The first-order chi connectivity index (χ1) is 8.74. The van der Waals surface area contributed by atoms with Gasteiger partial charge < -0.3 is 15.7 Å². The van der Waals surface area contributed by atoms with Crippen LogP contribution in [0.2, 0.25) is 0 Å². The van der Waals surface area contributed by atoms with E-state index in [1.54, 1.807) is 0 Å². The molecule has 2 aromatic carbocycles. The van der Waals surface area contributed by atoms with E-state index in [0.29, 0.717) is 0 Å². The minimum atomic E-state index is -0.582. The van der Waals surface area contributed by atoms with Crippen LogP contribution in [0.15, 0.2) is 48.5 Å². The van der Waals surface area contributed by atoms with Crippen LogP contribution >= 0.6 is 0 Å². The molecule has 0 radical (unpaired) electrons. The highest BCUT2D eigenvalue weighted by Crippen LogP contribution is 2.24. The summed E-state index contributed by atoms with van der Waals surface area (Å²) >= 11 is 0. The van der Waals surface area contributed by atoms with E-state index in [9.17, 15) is 5.11 Å². The molecular weight excluding hydrogens is 224 g/mol. The van der Waals surface area contributed by atoms with E-state index in [1.165, 1.54) is 0 Å². The smallest absolute Gasteiger partial charge is 0.104 e. The van der Waals surface area contributed by atoms with Crippen LogP contribution in [0.5, 0.6) is 0 Å². The van der Waals surface area contributed by atoms with Crippen molar-refractivity contribution in [2.75, 3.05) is 24.7 Å². The normalized spacial score (nSPS) is 10.4. The molecule has 94 valence electrons. The Kier molecular flexibility index (Phi) is 3.85. The molecule has 0 aliphatic carbocycles. The molecule has 0 saturated carbocycles. The molecule has 0 fully saturated rings. The molecule has 0 aromatic heterocycles. The minimum absolute atomic E-state index is 0.582. The van der Waals surface area contributed by atoms with Gasteiger partial charge in [0, 0.05) is 25.5 Å². The van der Waals surface area contributed by atoms with E-state index >= 15 is 0 Å². The lowest BCUT2D eigenvalue weighted by Gasteiger charge is -2.13. The Bertz CT molecular complexity index is 443. The molecule has 2 rings (SSSR count). The predicted octanol–water partition coefficient (Wildman–Crippen LogP) is 2.85. The maximum atomic E-state index is 10.3. The number of anilines is 2. The molecule has 0 spiro atoms. The Labute approximate surface area is 107 Å². The number of aliphatic hydroxyl groups excluding tert-OH is 1. The summed E-state index contributed by atoms with van der Waals surface area (Å²) in [6.07, 6.45) is -0.582. The summed E-state index contributed by atoms with van der Waals surface area (Å²) in [5.74, 6) is 0. The first-order valence-electron chi connectivity index (χ1n) is 5.98. The number of rotatable bonds is 4. The van der Waals surface area contributed by atoms with Gasteiger partial charge in [0.2, 0.25) is 0 Å². The van der Waals surface area contributed by atoms with E-state index in [4.69, 9.17) is 0 Å². The van der Waals surface area contributed by atoms with Crippen LogP contribution in [0.1, 0.15) is 17.2 Å². The van der Waals surface area contributed by atoms with Crippen molar-refractivity contribution < 1.29 is 5.11 Å². The lowest BCUT2D eigenvalue weighted by molar-refractivity contribution is 0.220. The highest BCUT2D eigenvalue weighted by atomic mass is 16.3. The topological polar surface area (TPSA) is 44.3 Å². The van der Waals surface area contributed by atoms with Crippen molar-refractivity contribution in [3.05, 3.63) is 59.7 Å². The van der Waals surface area contributed by atoms with Gasteiger partial charge in [-0.1, -0.05) is 24.3 Å². The summed E-state index contributed by atoms with van der Waals surface area (Å²) in [6, 6.07) is 15.6. The first-order valence-corrected chi connectivity index (χ1v) is 5.98. The van der Waals surface area contributed by atoms with Gasteiger partial charge in [0.05, 0.1) is 0 Å². The molecular formula is C15H18N2O. The SMILES string of the molecule is CNc1ccc(C(O)c2ccc(NC)cc2)cc1. The van der Waals surface area contributed by atoms with E-state index in [2.05, 4.69) is 10.6 Å². The van der Waals surface area contributed by atoms with Crippen LogP contribution in [0.4, 0.5) is 11.4 Å². The van der Waals surface area contributed by atoms with E-state index in [-0.39, 0.29) is 0 Å². The number of hydrogen-bond donors (Lipinski definition) is 3. The number of hydrogen-bond acceptors (Lipinski definition) is 3. The molecule has 0 atom stereocenters. The van der Waals surface area contributed by atoms with Crippen LogP contribution < -0.4 is 10.6 Å². The zero-order chi connectivity index (χ0) is 13.0. The fraction of sp³-hybridized carbons (Fsp3) is 0.200. The first kappa shape index (κ1) is 12.5. The van der Waals surface area contributed by atoms with Crippen molar-refractivity contribution in [2.45, 2.75) is 6.10 Å². The van der Waals surface area contributed by atoms with E-state index in [0.717, 1.165) is 22.5 Å². The molecule has 0 amide bonds. The second-order valence-corrected chi connectivity index (χ2v) is 4.15. The highest BCUT2D eigenvalue weighted by Gasteiger charge is 2.09. The van der Waals surface area contributed by atoms with Crippen molar-refractivity contribution in [1.29, 1.82) is 0 Å². The fourth-order valence-corrected chi connectivity index (χ4v) is 1.86. The number of aliphatic hydroxyl groups is 1. The molecule has 0 aliphatic heterocycles. The van der Waals surface area contributed by atoms with Crippen molar-refractivity contribution in [2.24, 2.45) is 0 Å².